The average molecular weight is 206 g/mol. The van der Waals surface area contributed by atoms with Crippen LogP contribution in [-0.4, -0.2) is 45.3 Å². The highest BCUT2D eigenvalue weighted by Gasteiger charge is 2.03. The molecule has 2 rings (SSSR count). The zero-order valence-corrected chi connectivity index (χ0v) is 8.35. The molecule has 2 heterocycles. The number of imidazole rings is 1. The van der Waals surface area contributed by atoms with E-state index in [4.69, 9.17) is 0 Å². The smallest absolute Gasteiger partial charge is 0.278 e. The molecule has 2 aromatic rings. The van der Waals surface area contributed by atoms with Gasteiger partial charge < -0.3 is 9.88 Å². The Bertz CT molecular complexity index is 552. The quantitative estimate of drug-likeness (QED) is 0.529. The van der Waals surface area contributed by atoms with Gasteiger partial charge in [-0.05, 0) is 0 Å². The third-order valence-electron chi connectivity index (χ3n) is 1.69. The maximum Gasteiger partial charge on any atom is 0.278 e. The van der Waals surface area contributed by atoms with E-state index in [2.05, 4.69) is 24.9 Å². The molecule has 7 nitrogen and oxygen atoms in total. The van der Waals surface area contributed by atoms with Crippen molar-refractivity contribution in [1.82, 2.24) is 24.8 Å². The second-order valence-corrected chi connectivity index (χ2v) is 3.20. The number of H-pyrrole nitrogens is 2. The number of fused-ring (bicyclic) bond motifs is 1. The molecule has 0 aliphatic carbocycles. The van der Waals surface area contributed by atoms with Crippen molar-refractivity contribution in [3.8, 4) is 0 Å². The maximum absolute atomic E-state index is 11.5. The fourth-order valence-electron chi connectivity index (χ4n) is 1.06. The molecule has 15 heavy (non-hydrogen) atoms. The number of nitrogens with zero attached hydrogens (tertiary/aromatic N) is 4. The van der Waals surface area contributed by atoms with Crippen LogP contribution < -0.4 is 5.56 Å². The molecular weight excluding hydrogens is 196 g/mol. The van der Waals surface area contributed by atoms with Gasteiger partial charge in [-0.15, -0.1) is 0 Å². The second kappa shape index (κ2) is 3.52. The first-order valence-electron chi connectivity index (χ1n) is 4.31. The summed E-state index contributed by atoms with van der Waals surface area (Å²) in [6.07, 6.45) is 2.98. The third-order valence-corrected chi connectivity index (χ3v) is 1.69. The van der Waals surface area contributed by atoms with Gasteiger partial charge in [-0.2, -0.15) is 4.98 Å². The summed E-state index contributed by atoms with van der Waals surface area (Å²) >= 11 is 0. The molecule has 2 aromatic heterocycles. The topological polar surface area (TPSA) is 90.0 Å². The number of aromatic amines is 2. The lowest BCUT2D eigenvalue weighted by molar-refractivity contribution is 0.642. The number of rotatable bonds is 2. The Morgan fingerprint density at radius 2 is 2.33 bits per heavy atom. The minimum atomic E-state index is -0.275. The van der Waals surface area contributed by atoms with Crippen molar-refractivity contribution >= 4 is 23.5 Å². The summed E-state index contributed by atoms with van der Waals surface area (Å²) in [6, 6.07) is 0. The summed E-state index contributed by atoms with van der Waals surface area (Å²) in [5.74, 6) is 0.244. The standard InChI is InChI=1S/C8H10N6O/c1-14(2)4-11-8-12-6-5(7(15)13-8)9-3-10-6/h3-4H,1-2H3,(H2,9,10,12,13,15). The molecule has 0 saturated carbocycles. The molecule has 0 bridgehead atoms. The molecule has 0 spiro atoms. The lowest BCUT2D eigenvalue weighted by Crippen LogP contribution is -2.10. The number of hydrogen-bond acceptors (Lipinski definition) is 4. The van der Waals surface area contributed by atoms with Gasteiger partial charge in [-0.1, -0.05) is 0 Å². The first-order chi connectivity index (χ1) is 7.16. The van der Waals surface area contributed by atoms with E-state index in [0.717, 1.165) is 0 Å². The molecule has 0 atom stereocenters. The molecule has 78 valence electrons. The molecule has 0 saturated heterocycles. The molecule has 0 radical (unpaired) electrons. The van der Waals surface area contributed by atoms with Gasteiger partial charge in [0, 0.05) is 14.1 Å². The lowest BCUT2D eigenvalue weighted by atomic mass is 10.5. The molecule has 0 aliphatic rings. The zero-order chi connectivity index (χ0) is 10.8. The molecule has 7 heteroatoms. The van der Waals surface area contributed by atoms with Crippen LogP contribution in [0.2, 0.25) is 0 Å². The Morgan fingerprint density at radius 1 is 1.53 bits per heavy atom. The van der Waals surface area contributed by atoms with Crippen LogP contribution in [0.25, 0.3) is 11.2 Å². The molecule has 0 aromatic carbocycles. The van der Waals surface area contributed by atoms with Crippen LogP contribution in [0.15, 0.2) is 16.1 Å². The number of hydrogen-bond donors (Lipinski definition) is 2. The minimum Gasteiger partial charge on any atom is -0.369 e. The summed E-state index contributed by atoms with van der Waals surface area (Å²) in [5.41, 5.74) is 0.451. The van der Waals surface area contributed by atoms with Crippen molar-refractivity contribution in [1.29, 1.82) is 0 Å². The first-order valence-corrected chi connectivity index (χ1v) is 4.31. The highest BCUT2D eigenvalue weighted by atomic mass is 16.1. The van der Waals surface area contributed by atoms with Gasteiger partial charge in [0.2, 0.25) is 5.95 Å². The number of aliphatic imine (C=N–C) groups is 1. The summed E-state index contributed by atoms with van der Waals surface area (Å²) in [6.45, 7) is 0. The number of aromatic nitrogens is 4. The summed E-state index contributed by atoms with van der Waals surface area (Å²) in [5, 5.41) is 0. The van der Waals surface area contributed by atoms with Gasteiger partial charge in [0.05, 0.1) is 12.7 Å². The van der Waals surface area contributed by atoms with Gasteiger partial charge in [0.1, 0.15) is 0 Å². The van der Waals surface area contributed by atoms with Gasteiger partial charge in [0.15, 0.2) is 11.2 Å². The van der Waals surface area contributed by atoms with E-state index >= 15 is 0 Å². The number of nitrogens with one attached hydrogen (secondary N) is 2. The van der Waals surface area contributed by atoms with Crippen molar-refractivity contribution < 1.29 is 0 Å². The Morgan fingerprint density at radius 3 is 3.07 bits per heavy atom. The zero-order valence-electron chi connectivity index (χ0n) is 8.35. The fourth-order valence-corrected chi connectivity index (χ4v) is 1.06. The van der Waals surface area contributed by atoms with E-state index in [9.17, 15) is 4.79 Å². The predicted octanol–water partition coefficient (Wildman–Crippen LogP) is -0.132. The highest BCUT2D eigenvalue weighted by molar-refractivity contribution is 5.70. The molecule has 0 amide bonds. The van der Waals surface area contributed by atoms with Gasteiger partial charge in [0.25, 0.3) is 5.56 Å². The summed E-state index contributed by atoms with van der Waals surface area (Å²) in [4.78, 5) is 30.3. The van der Waals surface area contributed by atoms with Crippen molar-refractivity contribution in [2.45, 2.75) is 0 Å². The monoisotopic (exact) mass is 206 g/mol. The average Bonchev–Trinajstić information content (AvgIpc) is 2.63. The van der Waals surface area contributed by atoms with Gasteiger partial charge >= 0.3 is 0 Å². The van der Waals surface area contributed by atoms with Gasteiger partial charge in [-0.25, -0.2) is 9.98 Å². The van der Waals surface area contributed by atoms with Crippen LogP contribution in [0.3, 0.4) is 0 Å². The first kappa shape index (κ1) is 9.38. The van der Waals surface area contributed by atoms with E-state index in [1.807, 2.05) is 14.1 Å². The van der Waals surface area contributed by atoms with E-state index < -0.39 is 0 Å². The second-order valence-electron chi connectivity index (χ2n) is 3.20. The molecule has 2 N–H and O–H groups in total. The van der Waals surface area contributed by atoms with Crippen molar-refractivity contribution in [2.24, 2.45) is 4.99 Å². The Balaban J connectivity index is 2.50. The van der Waals surface area contributed by atoms with Crippen LogP contribution in [0, 0.1) is 0 Å². The lowest BCUT2D eigenvalue weighted by Gasteiger charge is -2.01. The Kier molecular flexibility index (Phi) is 2.20. The Hall–Kier alpha value is -2.18. The van der Waals surface area contributed by atoms with Crippen LogP contribution in [0.5, 0.6) is 0 Å². The molecule has 0 aliphatic heterocycles. The normalized spacial score (nSPS) is 11.3. The largest absolute Gasteiger partial charge is 0.369 e. The highest BCUT2D eigenvalue weighted by Crippen LogP contribution is 2.04. The van der Waals surface area contributed by atoms with E-state index in [1.165, 1.54) is 6.33 Å². The van der Waals surface area contributed by atoms with Crippen molar-refractivity contribution in [3.05, 3.63) is 16.7 Å². The summed E-state index contributed by atoms with van der Waals surface area (Å²) in [7, 11) is 3.66. The summed E-state index contributed by atoms with van der Waals surface area (Å²) < 4.78 is 0. The molecule has 0 fully saturated rings. The van der Waals surface area contributed by atoms with Crippen LogP contribution in [-0.2, 0) is 0 Å². The maximum atomic E-state index is 11.5. The van der Waals surface area contributed by atoms with Gasteiger partial charge in [-0.3, -0.25) is 9.78 Å². The van der Waals surface area contributed by atoms with E-state index in [1.54, 1.807) is 11.2 Å². The SMILES string of the molecule is CN(C)C=Nc1nc2nc[nH]c2c(=O)[nH]1. The van der Waals surface area contributed by atoms with Crippen molar-refractivity contribution in [3.63, 3.8) is 0 Å². The van der Waals surface area contributed by atoms with Crippen LogP contribution in [0.1, 0.15) is 0 Å². The van der Waals surface area contributed by atoms with Crippen molar-refractivity contribution in [2.75, 3.05) is 14.1 Å². The predicted molar refractivity (Wildman–Crippen MR) is 56.3 cm³/mol. The molecule has 0 unspecified atom stereocenters. The Labute approximate surface area is 84.9 Å². The minimum absolute atomic E-state index is 0.244. The fraction of sp³-hybridized carbons (Fsp3) is 0.250. The molecular formula is C8H10N6O. The third kappa shape index (κ3) is 1.85. The van der Waals surface area contributed by atoms with E-state index in [-0.39, 0.29) is 11.5 Å². The van der Waals surface area contributed by atoms with E-state index in [0.29, 0.717) is 11.2 Å². The van der Waals surface area contributed by atoms with Crippen LogP contribution >= 0.6 is 0 Å². The van der Waals surface area contributed by atoms with Crippen LogP contribution in [0.4, 0.5) is 5.95 Å².